The summed E-state index contributed by atoms with van der Waals surface area (Å²) < 4.78 is 29.1. The highest BCUT2D eigenvalue weighted by atomic mass is 32.2. The molecule has 1 fully saturated rings. The van der Waals surface area contributed by atoms with Gasteiger partial charge in [-0.25, -0.2) is 13.2 Å². The lowest BCUT2D eigenvalue weighted by atomic mass is 10.2. The van der Waals surface area contributed by atoms with Gasteiger partial charge in [0.05, 0.1) is 5.75 Å². The van der Waals surface area contributed by atoms with Crippen molar-refractivity contribution in [3.05, 3.63) is 0 Å². The summed E-state index contributed by atoms with van der Waals surface area (Å²) >= 11 is 0. The summed E-state index contributed by atoms with van der Waals surface area (Å²) in [6.45, 7) is 11.1. The fraction of sp³-hybridized carbons (Fsp3) is 0.889. The van der Waals surface area contributed by atoms with Crippen LogP contribution in [0, 0.1) is 0 Å². The SMILES string of the molecule is CCCCCS(=O)(=O)CC(=O)NCCN1CCN(C(=O)OC(C)(C)C)CC1. The van der Waals surface area contributed by atoms with Gasteiger partial charge >= 0.3 is 6.09 Å². The van der Waals surface area contributed by atoms with Crippen molar-refractivity contribution in [2.75, 3.05) is 50.8 Å². The van der Waals surface area contributed by atoms with E-state index < -0.39 is 27.1 Å². The molecule has 0 atom stereocenters. The van der Waals surface area contributed by atoms with Crippen LogP contribution in [-0.4, -0.2) is 86.6 Å². The van der Waals surface area contributed by atoms with E-state index in [9.17, 15) is 18.0 Å². The number of nitrogens with one attached hydrogen (secondary N) is 1. The smallest absolute Gasteiger partial charge is 0.410 e. The molecule has 1 aliphatic rings. The molecule has 0 aromatic heterocycles. The van der Waals surface area contributed by atoms with Gasteiger partial charge in [-0.3, -0.25) is 9.69 Å². The van der Waals surface area contributed by atoms with Gasteiger partial charge in [-0.1, -0.05) is 19.8 Å². The number of unbranched alkanes of at least 4 members (excludes halogenated alkanes) is 2. The Morgan fingerprint density at radius 1 is 1.07 bits per heavy atom. The summed E-state index contributed by atoms with van der Waals surface area (Å²) in [5.41, 5.74) is -0.505. The molecule has 158 valence electrons. The lowest BCUT2D eigenvalue weighted by Gasteiger charge is -2.35. The van der Waals surface area contributed by atoms with Gasteiger partial charge in [-0.05, 0) is 27.2 Å². The first kappa shape index (κ1) is 23.7. The fourth-order valence-electron chi connectivity index (χ4n) is 2.73. The number of carbonyl (C=O) groups excluding carboxylic acids is 2. The Bertz CT molecular complexity index is 578. The van der Waals surface area contributed by atoms with Gasteiger partial charge in [0.1, 0.15) is 11.4 Å². The first-order valence-corrected chi connectivity index (χ1v) is 11.5. The normalized spacial score (nSPS) is 16.2. The molecule has 2 amide bonds. The number of sulfone groups is 1. The van der Waals surface area contributed by atoms with E-state index in [1.807, 2.05) is 27.7 Å². The van der Waals surface area contributed by atoms with Crippen LogP contribution in [0.5, 0.6) is 0 Å². The molecule has 0 aliphatic carbocycles. The molecule has 1 saturated heterocycles. The number of ether oxygens (including phenoxy) is 1. The second kappa shape index (κ2) is 10.8. The predicted octanol–water partition coefficient (Wildman–Crippen LogP) is 1.26. The zero-order chi connectivity index (χ0) is 20.5. The van der Waals surface area contributed by atoms with Crippen molar-refractivity contribution in [1.82, 2.24) is 15.1 Å². The molecule has 1 rings (SSSR count). The van der Waals surface area contributed by atoms with Crippen molar-refractivity contribution in [2.45, 2.75) is 52.6 Å². The monoisotopic (exact) mass is 405 g/mol. The zero-order valence-electron chi connectivity index (χ0n) is 17.1. The quantitative estimate of drug-likeness (QED) is 0.580. The third-order valence-corrected chi connectivity index (χ3v) is 5.80. The molecule has 8 nitrogen and oxygen atoms in total. The Hall–Kier alpha value is -1.35. The fourth-order valence-corrected chi connectivity index (χ4v) is 4.02. The number of piperazine rings is 1. The molecule has 27 heavy (non-hydrogen) atoms. The Labute approximate surface area is 163 Å². The minimum Gasteiger partial charge on any atom is -0.444 e. The van der Waals surface area contributed by atoms with Gasteiger partial charge < -0.3 is 15.0 Å². The lowest BCUT2D eigenvalue weighted by molar-refractivity contribution is -0.118. The molecule has 0 spiro atoms. The third kappa shape index (κ3) is 10.5. The second-order valence-electron chi connectivity index (χ2n) is 7.96. The van der Waals surface area contributed by atoms with E-state index in [0.29, 0.717) is 45.7 Å². The van der Waals surface area contributed by atoms with Crippen molar-refractivity contribution < 1.29 is 22.7 Å². The highest BCUT2D eigenvalue weighted by Crippen LogP contribution is 2.11. The zero-order valence-corrected chi connectivity index (χ0v) is 17.9. The highest BCUT2D eigenvalue weighted by molar-refractivity contribution is 7.92. The van der Waals surface area contributed by atoms with Crippen LogP contribution in [0.15, 0.2) is 0 Å². The lowest BCUT2D eigenvalue weighted by Crippen LogP contribution is -2.51. The summed E-state index contributed by atoms with van der Waals surface area (Å²) in [5, 5.41) is 2.68. The van der Waals surface area contributed by atoms with Gasteiger partial charge in [-0.2, -0.15) is 0 Å². The molecular weight excluding hydrogens is 370 g/mol. The van der Waals surface area contributed by atoms with Crippen LogP contribution in [-0.2, 0) is 19.4 Å². The minimum absolute atomic E-state index is 0.0703. The van der Waals surface area contributed by atoms with E-state index >= 15 is 0 Å². The summed E-state index contributed by atoms with van der Waals surface area (Å²) in [4.78, 5) is 27.7. The van der Waals surface area contributed by atoms with Crippen molar-refractivity contribution in [3.63, 3.8) is 0 Å². The number of hydrogen-bond donors (Lipinski definition) is 1. The summed E-state index contributed by atoms with van der Waals surface area (Å²) in [5.74, 6) is -0.816. The standard InChI is InChI=1S/C18H35N3O5S/c1-5-6-7-14-27(24,25)15-16(22)19-8-9-20-10-12-21(13-11-20)17(23)26-18(2,3)4/h5-15H2,1-4H3,(H,19,22). The van der Waals surface area contributed by atoms with Gasteiger partial charge in [0, 0.05) is 39.3 Å². The maximum atomic E-state index is 12.0. The topological polar surface area (TPSA) is 96.0 Å². The Morgan fingerprint density at radius 3 is 2.26 bits per heavy atom. The van der Waals surface area contributed by atoms with Crippen molar-refractivity contribution in [1.29, 1.82) is 0 Å². The number of amides is 2. The molecule has 1 heterocycles. The van der Waals surface area contributed by atoms with E-state index in [1.165, 1.54) is 0 Å². The molecular formula is C18H35N3O5S. The van der Waals surface area contributed by atoms with Crippen LogP contribution in [0.3, 0.4) is 0 Å². The molecule has 0 aromatic carbocycles. The van der Waals surface area contributed by atoms with Gasteiger partial charge in [-0.15, -0.1) is 0 Å². The van der Waals surface area contributed by atoms with Gasteiger partial charge in [0.25, 0.3) is 0 Å². The Morgan fingerprint density at radius 2 is 1.70 bits per heavy atom. The third-order valence-electron chi connectivity index (χ3n) is 4.18. The average molecular weight is 406 g/mol. The van der Waals surface area contributed by atoms with Crippen LogP contribution in [0.2, 0.25) is 0 Å². The Kier molecular flexibility index (Phi) is 9.52. The number of hydrogen-bond acceptors (Lipinski definition) is 6. The molecule has 1 aliphatic heterocycles. The molecule has 1 N–H and O–H groups in total. The largest absolute Gasteiger partial charge is 0.444 e. The molecule has 9 heteroatoms. The van der Waals surface area contributed by atoms with Gasteiger partial charge in [0.15, 0.2) is 9.84 Å². The minimum atomic E-state index is -3.32. The van der Waals surface area contributed by atoms with E-state index in [-0.39, 0.29) is 11.8 Å². The van der Waals surface area contributed by atoms with Gasteiger partial charge in [0.2, 0.25) is 5.91 Å². The van der Waals surface area contributed by atoms with Crippen molar-refractivity contribution in [2.24, 2.45) is 0 Å². The number of rotatable bonds is 9. The predicted molar refractivity (Wildman–Crippen MR) is 105 cm³/mol. The molecule has 0 saturated carbocycles. The van der Waals surface area contributed by atoms with Crippen LogP contribution in [0.25, 0.3) is 0 Å². The van der Waals surface area contributed by atoms with Crippen LogP contribution < -0.4 is 5.32 Å². The summed E-state index contributed by atoms with van der Waals surface area (Å²) in [6.07, 6.45) is 2.11. The molecule has 0 aromatic rings. The molecule has 0 unspecified atom stereocenters. The first-order chi connectivity index (χ1) is 12.5. The van der Waals surface area contributed by atoms with E-state index in [2.05, 4.69) is 10.2 Å². The summed E-state index contributed by atoms with van der Waals surface area (Å²) in [6, 6.07) is 0. The highest BCUT2D eigenvalue weighted by Gasteiger charge is 2.25. The molecule has 0 radical (unpaired) electrons. The average Bonchev–Trinajstić information content (AvgIpc) is 2.53. The van der Waals surface area contributed by atoms with Crippen LogP contribution in [0.1, 0.15) is 47.0 Å². The van der Waals surface area contributed by atoms with E-state index in [1.54, 1.807) is 4.90 Å². The summed E-state index contributed by atoms with van der Waals surface area (Å²) in [7, 11) is -3.32. The van der Waals surface area contributed by atoms with Crippen LogP contribution in [0.4, 0.5) is 4.79 Å². The number of carbonyl (C=O) groups is 2. The van der Waals surface area contributed by atoms with Crippen molar-refractivity contribution >= 4 is 21.8 Å². The Balaban J connectivity index is 2.23. The van der Waals surface area contributed by atoms with E-state index in [4.69, 9.17) is 4.74 Å². The maximum Gasteiger partial charge on any atom is 0.410 e. The number of nitrogens with zero attached hydrogens (tertiary/aromatic N) is 2. The second-order valence-corrected chi connectivity index (χ2v) is 10.1. The molecule has 0 bridgehead atoms. The van der Waals surface area contributed by atoms with E-state index in [0.717, 1.165) is 12.8 Å². The van der Waals surface area contributed by atoms with Crippen molar-refractivity contribution in [3.8, 4) is 0 Å². The first-order valence-electron chi connectivity index (χ1n) is 9.70. The van der Waals surface area contributed by atoms with Crippen LogP contribution >= 0.6 is 0 Å². The maximum absolute atomic E-state index is 12.0.